The topological polar surface area (TPSA) is 88.5 Å². The van der Waals surface area contributed by atoms with E-state index in [4.69, 9.17) is 4.74 Å². The second-order valence-corrected chi connectivity index (χ2v) is 14.1. The summed E-state index contributed by atoms with van der Waals surface area (Å²) in [7, 11) is 0. The molecule has 8 nitrogen and oxygen atoms in total. The number of likely N-dealkylation sites (tertiary alicyclic amines) is 1. The van der Waals surface area contributed by atoms with Crippen molar-refractivity contribution in [1.82, 2.24) is 14.5 Å². The maximum Gasteiger partial charge on any atom is 0.323 e. The lowest BCUT2D eigenvalue weighted by Crippen LogP contribution is -2.31. The molecule has 2 amide bonds. The Labute approximate surface area is 285 Å². The van der Waals surface area contributed by atoms with Crippen LogP contribution in [0.25, 0.3) is 22.2 Å². The molecule has 0 radical (unpaired) electrons. The van der Waals surface area contributed by atoms with Gasteiger partial charge in [-0.2, -0.15) is 0 Å². The summed E-state index contributed by atoms with van der Waals surface area (Å²) < 4.78 is 7.94. The van der Waals surface area contributed by atoms with Crippen LogP contribution in [0.15, 0.2) is 65.6 Å². The molecule has 0 spiro atoms. The molecule has 4 aromatic rings. The highest BCUT2D eigenvalue weighted by Crippen LogP contribution is 2.36. The molecule has 48 heavy (non-hydrogen) atoms. The molecule has 8 heteroatoms. The minimum Gasteiger partial charge on any atom is -0.494 e. The molecule has 2 N–H and O–H groups in total. The standard InChI is InChI=1S/C40H53N5O3/c1-27(2)19-24-45-38-34(18-12-20-41-38)35(30-14-10-15-31(26-30)48-25-13-23-44-21-8-7-9-22-44)37(39(45)46)43-40(47)42-36-32(28(3)4)16-11-17-33(36)29(5)6/h10-12,14-18,20,26-29H,7-9,13,19,21-25H2,1-6H3,(H2,42,43,47). The van der Waals surface area contributed by atoms with Gasteiger partial charge in [-0.05, 0) is 97.5 Å². The largest absolute Gasteiger partial charge is 0.494 e. The van der Waals surface area contributed by atoms with Crippen molar-refractivity contribution in [3.63, 3.8) is 0 Å². The van der Waals surface area contributed by atoms with E-state index in [9.17, 15) is 9.59 Å². The lowest BCUT2D eigenvalue weighted by atomic mass is 9.93. The molecule has 1 aliphatic heterocycles. The maximum absolute atomic E-state index is 14.4. The molecule has 2 aromatic heterocycles. The predicted molar refractivity (Wildman–Crippen MR) is 199 cm³/mol. The van der Waals surface area contributed by atoms with Crippen molar-refractivity contribution in [3.05, 3.63) is 82.3 Å². The lowest BCUT2D eigenvalue weighted by Gasteiger charge is -2.26. The van der Waals surface area contributed by atoms with Crippen LogP contribution in [0.1, 0.15) is 96.6 Å². The second-order valence-electron chi connectivity index (χ2n) is 14.1. The summed E-state index contributed by atoms with van der Waals surface area (Å²) in [6.07, 6.45) is 7.35. The van der Waals surface area contributed by atoms with Crippen LogP contribution in [0.5, 0.6) is 5.75 Å². The normalized spacial score (nSPS) is 13.9. The molecular formula is C40H53N5O3. The Morgan fingerprint density at radius 3 is 2.23 bits per heavy atom. The van der Waals surface area contributed by atoms with Crippen molar-refractivity contribution in [1.29, 1.82) is 0 Å². The third-order valence-electron chi connectivity index (χ3n) is 9.26. The van der Waals surface area contributed by atoms with Crippen LogP contribution in [0.2, 0.25) is 0 Å². The average molecular weight is 652 g/mol. The summed E-state index contributed by atoms with van der Waals surface area (Å²) in [5.74, 6) is 1.53. The van der Waals surface area contributed by atoms with Gasteiger partial charge in [-0.1, -0.05) is 78.3 Å². The van der Waals surface area contributed by atoms with Crippen LogP contribution in [-0.2, 0) is 6.54 Å². The average Bonchev–Trinajstić information content (AvgIpc) is 3.07. The first kappa shape index (κ1) is 35.1. The molecule has 0 saturated carbocycles. The van der Waals surface area contributed by atoms with Gasteiger partial charge in [0, 0.05) is 35.9 Å². The van der Waals surface area contributed by atoms with Crippen LogP contribution in [0, 0.1) is 5.92 Å². The van der Waals surface area contributed by atoms with Gasteiger partial charge in [0.2, 0.25) is 0 Å². The van der Waals surface area contributed by atoms with Gasteiger partial charge >= 0.3 is 6.03 Å². The van der Waals surface area contributed by atoms with Crippen LogP contribution in [-0.4, -0.2) is 46.7 Å². The molecule has 0 unspecified atom stereocenters. The molecule has 1 saturated heterocycles. The Morgan fingerprint density at radius 1 is 0.854 bits per heavy atom. The van der Waals surface area contributed by atoms with E-state index in [1.54, 1.807) is 10.8 Å². The number of pyridine rings is 2. The number of nitrogens with zero attached hydrogens (tertiary/aromatic N) is 3. The van der Waals surface area contributed by atoms with Gasteiger partial charge in [-0.3, -0.25) is 9.36 Å². The Morgan fingerprint density at radius 2 is 1.54 bits per heavy atom. The number of piperidine rings is 1. The van der Waals surface area contributed by atoms with Gasteiger partial charge < -0.3 is 20.3 Å². The van der Waals surface area contributed by atoms with Gasteiger partial charge in [-0.25, -0.2) is 9.78 Å². The number of hydrogen-bond acceptors (Lipinski definition) is 5. The number of fused-ring (bicyclic) bond motifs is 1. The Hall–Kier alpha value is -4.17. The Balaban J connectivity index is 1.52. The van der Waals surface area contributed by atoms with Crippen molar-refractivity contribution < 1.29 is 9.53 Å². The summed E-state index contributed by atoms with van der Waals surface area (Å²) in [5, 5.41) is 6.97. The van der Waals surface area contributed by atoms with E-state index in [2.05, 4.69) is 74.2 Å². The number of aryl methyl sites for hydroxylation is 1. The van der Waals surface area contributed by atoms with E-state index in [0.717, 1.165) is 52.9 Å². The van der Waals surface area contributed by atoms with Crippen molar-refractivity contribution in [2.75, 3.05) is 36.9 Å². The van der Waals surface area contributed by atoms with E-state index >= 15 is 0 Å². The number of carbonyl (C=O) groups is 1. The number of hydrogen-bond donors (Lipinski definition) is 2. The summed E-state index contributed by atoms with van der Waals surface area (Å²) in [4.78, 5) is 35.6. The zero-order valence-electron chi connectivity index (χ0n) is 29.6. The number of aromatic nitrogens is 2. The number of rotatable bonds is 13. The molecule has 0 bridgehead atoms. The minimum atomic E-state index is -0.452. The molecule has 0 atom stereocenters. The fourth-order valence-electron chi connectivity index (χ4n) is 6.65. The number of anilines is 2. The van der Waals surface area contributed by atoms with Crippen LogP contribution in [0.3, 0.4) is 0 Å². The summed E-state index contributed by atoms with van der Waals surface area (Å²) in [5.41, 5.74) is 4.88. The summed E-state index contributed by atoms with van der Waals surface area (Å²) in [6.45, 7) is 17.2. The van der Waals surface area contributed by atoms with E-state index in [0.29, 0.717) is 30.3 Å². The predicted octanol–water partition coefficient (Wildman–Crippen LogP) is 9.26. The number of nitrogens with one attached hydrogen (secondary N) is 2. The molecular weight excluding hydrogens is 598 g/mol. The summed E-state index contributed by atoms with van der Waals surface area (Å²) in [6, 6.07) is 17.4. The van der Waals surface area contributed by atoms with Gasteiger partial charge in [0.05, 0.1) is 6.61 Å². The number of amides is 2. The van der Waals surface area contributed by atoms with Gasteiger partial charge in [0.25, 0.3) is 5.56 Å². The van der Waals surface area contributed by atoms with Gasteiger partial charge in [0.1, 0.15) is 17.1 Å². The lowest BCUT2D eigenvalue weighted by molar-refractivity contribution is 0.205. The molecule has 1 fully saturated rings. The van der Waals surface area contributed by atoms with Gasteiger partial charge in [-0.15, -0.1) is 0 Å². The van der Waals surface area contributed by atoms with Crippen molar-refractivity contribution in [2.24, 2.45) is 5.92 Å². The van der Waals surface area contributed by atoms with Gasteiger partial charge in [0.15, 0.2) is 0 Å². The first-order valence-corrected chi connectivity index (χ1v) is 17.8. The molecule has 2 aromatic carbocycles. The number of ether oxygens (including phenoxy) is 1. The van der Waals surface area contributed by atoms with Crippen molar-refractivity contribution >= 4 is 28.4 Å². The van der Waals surface area contributed by atoms with Crippen molar-refractivity contribution in [3.8, 4) is 16.9 Å². The van der Waals surface area contributed by atoms with E-state index in [1.165, 1.54) is 32.4 Å². The number of para-hydroxylation sites is 1. The molecule has 0 aliphatic carbocycles. The van der Waals surface area contributed by atoms with Crippen LogP contribution >= 0.6 is 0 Å². The van der Waals surface area contributed by atoms with E-state index in [1.807, 2.05) is 42.5 Å². The second kappa shape index (κ2) is 16.3. The third kappa shape index (κ3) is 8.45. The number of benzene rings is 2. The highest BCUT2D eigenvalue weighted by atomic mass is 16.5. The fourth-order valence-corrected chi connectivity index (χ4v) is 6.65. The Bertz CT molecular complexity index is 1730. The third-order valence-corrected chi connectivity index (χ3v) is 9.26. The summed E-state index contributed by atoms with van der Waals surface area (Å²) >= 11 is 0. The molecule has 5 rings (SSSR count). The number of urea groups is 1. The SMILES string of the molecule is CC(C)CCn1c(=O)c(NC(=O)Nc2c(C(C)C)cccc2C(C)C)c(-c2cccc(OCCCN3CCCCC3)c2)c2cccnc21. The highest BCUT2D eigenvalue weighted by molar-refractivity contribution is 6.07. The molecule has 1 aliphatic rings. The number of carbonyl (C=O) groups excluding carboxylic acids is 1. The van der Waals surface area contributed by atoms with E-state index in [-0.39, 0.29) is 23.1 Å². The highest BCUT2D eigenvalue weighted by Gasteiger charge is 2.23. The van der Waals surface area contributed by atoms with Crippen LogP contribution in [0.4, 0.5) is 16.2 Å². The Kier molecular flexibility index (Phi) is 11.9. The molecule has 3 heterocycles. The zero-order valence-corrected chi connectivity index (χ0v) is 29.6. The zero-order chi connectivity index (χ0) is 34.2. The molecule has 256 valence electrons. The van der Waals surface area contributed by atoms with E-state index < -0.39 is 6.03 Å². The van der Waals surface area contributed by atoms with Crippen molar-refractivity contribution in [2.45, 2.75) is 92.0 Å². The maximum atomic E-state index is 14.4. The first-order chi connectivity index (χ1) is 23.1. The minimum absolute atomic E-state index is 0.206. The monoisotopic (exact) mass is 651 g/mol. The quantitative estimate of drug-likeness (QED) is 0.141. The van der Waals surface area contributed by atoms with Crippen LogP contribution < -0.4 is 20.9 Å². The fraction of sp³-hybridized carbons (Fsp3) is 0.475. The first-order valence-electron chi connectivity index (χ1n) is 17.8. The smallest absolute Gasteiger partial charge is 0.323 e.